The van der Waals surface area contributed by atoms with Gasteiger partial charge in [0.05, 0.1) is 4.47 Å². The highest BCUT2D eigenvalue weighted by Crippen LogP contribution is 2.43. The van der Waals surface area contributed by atoms with Gasteiger partial charge in [-0.2, -0.15) is 0 Å². The van der Waals surface area contributed by atoms with Gasteiger partial charge < -0.3 is 0 Å². The molecule has 0 atom stereocenters. The zero-order valence-corrected chi connectivity index (χ0v) is 16.7. The molecule has 0 amide bonds. The molecule has 0 fully saturated rings. The lowest BCUT2D eigenvalue weighted by atomic mass is 9.82. The van der Waals surface area contributed by atoms with Crippen molar-refractivity contribution < 1.29 is 8.42 Å². The second-order valence-electron chi connectivity index (χ2n) is 6.52. The standard InChI is InChI=1S/C12H18BrCl2NO2S2/c1-11(2,3)6-12(4,5)16-20(17,18)8-7(13)9(14)19-10(8)15/h16H,6H2,1-5H3. The van der Waals surface area contributed by atoms with Gasteiger partial charge >= 0.3 is 0 Å². The molecular formula is C12H18BrCl2NO2S2. The lowest BCUT2D eigenvalue weighted by Crippen LogP contribution is -2.45. The van der Waals surface area contributed by atoms with E-state index in [1.165, 1.54) is 0 Å². The highest BCUT2D eigenvalue weighted by Gasteiger charge is 2.34. The molecule has 0 aliphatic carbocycles. The minimum Gasteiger partial charge on any atom is -0.207 e. The maximum absolute atomic E-state index is 12.5. The van der Waals surface area contributed by atoms with Crippen LogP contribution in [0.5, 0.6) is 0 Å². The maximum atomic E-state index is 12.5. The molecule has 1 aromatic rings. The molecule has 0 spiro atoms. The van der Waals surface area contributed by atoms with E-state index in [0.29, 0.717) is 15.2 Å². The second-order valence-corrected chi connectivity index (χ2v) is 11.2. The van der Waals surface area contributed by atoms with E-state index < -0.39 is 15.6 Å². The Labute approximate surface area is 143 Å². The van der Waals surface area contributed by atoms with Gasteiger partial charge in [-0.25, -0.2) is 13.1 Å². The van der Waals surface area contributed by atoms with Crippen LogP contribution in [0.2, 0.25) is 8.67 Å². The van der Waals surface area contributed by atoms with Crippen molar-refractivity contribution in [3.8, 4) is 0 Å². The number of halogens is 3. The number of hydrogen-bond acceptors (Lipinski definition) is 3. The molecule has 8 heteroatoms. The summed E-state index contributed by atoms with van der Waals surface area (Å²) in [5.41, 5.74) is -0.590. The largest absolute Gasteiger partial charge is 0.244 e. The molecule has 0 saturated heterocycles. The summed E-state index contributed by atoms with van der Waals surface area (Å²) in [7, 11) is -3.73. The van der Waals surface area contributed by atoms with E-state index in [2.05, 4.69) is 41.4 Å². The van der Waals surface area contributed by atoms with Crippen LogP contribution in [-0.2, 0) is 10.0 Å². The monoisotopic (exact) mass is 421 g/mol. The van der Waals surface area contributed by atoms with E-state index in [0.717, 1.165) is 11.3 Å². The fourth-order valence-corrected chi connectivity index (χ4v) is 7.32. The first-order chi connectivity index (χ1) is 8.75. The van der Waals surface area contributed by atoms with Crippen molar-refractivity contribution in [1.82, 2.24) is 4.72 Å². The van der Waals surface area contributed by atoms with Crippen LogP contribution in [0.4, 0.5) is 0 Å². The number of nitrogens with one attached hydrogen (secondary N) is 1. The Kier molecular flexibility index (Phi) is 5.66. The van der Waals surface area contributed by atoms with Crippen molar-refractivity contribution in [3.05, 3.63) is 13.1 Å². The first-order valence-corrected chi connectivity index (χ1v) is 9.77. The van der Waals surface area contributed by atoms with Crippen LogP contribution >= 0.6 is 50.5 Å². The Morgan fingerprint density at radius 1 is 1.15 bits per heavy atom. The summed E-state index contributed by atoms with van der Waals surface area (Å²) in [4.78, 5) is 0.0103. The molecule has 0 radical (unpaired) electrons. The van der Waals surface area contributed by atoms with Crippen LogP contribution in [0.1, 0.15) is 41.0 Å². The van der Waals surface area contributed by atoms with Crippen molar-refractivity contribution in [2.75, 3.05) is 0 Å². The number of hydrogen-bond donors (Lipinski definition) is 1. The molecule has 1 rings (SSSR count). The Morgan fingerprint density at radius 3 is 2.00 bits per heavy atom. The van der Waals surface area contributed by atoms with Gasteiger partial charge in [-0.15, -0.1) is 11.3 Å². The van der Waals surface area contributed by atoms with Crippen LogP contribution in [0.15, 0.2) is 9.37 Å². The third kappa shape index (κ3) is 4.85. The third-order valence-corrected chi connectivity index (χ3v) is 7.54. The molecule has 0 aliphatic rings. The van der Waals surface area contributed by atoms with Gasteiger partial charge in [0, 0.05) is 5.54 Å². The summed E-state index contributed by atoms with van der Waals surface area (Å²) in [6.45, 7) is 9.89. The topological polar surface area (TPSA) is 46.2 Å². The molecule has 20 heavy (non-hydrogen) atoms. The molecule has 0 aromatic carbocycles. The van der Waals surface area contributed by atoms with Gasteiger partial charge in [0.1, 0.15) is 13.6 Å². The zero-order chi connectivity index (χ0) is 15.9. The predicted molar refractivity (Wildman–Crippen MR) is 90.5 cm³/mol. The quantitative estimate of drug-likeness (QED) is 0.714. The first-order valence-electron chi connectivity index (χ1n) is 5.92. The summed E-state index contributed by atoms with van der Waals surface area (Å²) >= 11 is 16.1. The predicted octanol–water partition coefficient (Wildman–Crippen LogP) is 5.31. The molecule has 116 valence electrons. The number of rotatable bonds is 4. The highest BCUT2D eigenvalue weighted by atomic mass is 79.9. The lowest BCUT2D eigenvalue weighted by molar-refractivity contribution is 0.269. The number of thiophene rings is 1. The van der Waals surface area contributed by atoms with Crippen molar-refractivity contribution in [2.24, 2.45) is 5.41 Å². The third-order valence-electron chi connectivity index (χ3n) is 2.38. The Balaban J connectivity index is 3.13. The normalized spacial score (nSPS) is 13.8. The molecule has 1 heterocycles. The molecule has 0 unspecified atom stereocenters. The summed E-state index contributed by atoms with van der Waals surface area (Å²) in [6.07, 6.45) is 0.687. The van der Waals surface area contributed by atoms with Gasteiger partial charge in [-0.1, -0.05) is 44.0 Å². The molecule has 0 saturated carbocycles. The van der Waals surface area contributed by atoms with Gasteiger partial charge in [-0.05, 0) is 41.6 Å². The van der Waals surface area contributed by atoms with Crippen LogP contribution in [0.3, 0.4) is 0 Å². The SMILES string of the molecule is CC(C)(C)CC(C)(C)NS(=O)(=O)c1c(Cl)sc(Cl)c1Br. The summed E-state index contributed by atoms with van der Waals surface area (Å²) in [5.74, 6) is 0. The average molecular weight is 423 g/mol. The van der Waals surface area contributed by atoms with E-state index >= 15 is 0 Å². The smallest absolute Gasteiger partial charge is 0.207 e. The summed E-state index contributed by atoms with van der Waals surface area (Å²) in [6, 6.07) is 0. The van der Waals surface area contributed by atoms with Crippen molar-refractivity contribution in [1.29, 1.82) is 0 Å². The Morgan fingerprint density at radius 2 is 1.65 bits per heavy atom. The van der Waals surface area contributed by atoms with E-state index in [1.54, 1.807) is 0 Å². The average Bonchev–Trinajstić information content (AvgIpc) is 2.33. The molecule has 1 aromatic heterocycles. The minimum atomic E-state index is -3.73. The zero-order valence-electron chi connectivity index (χ0n) is 12.0. The Bertz CT molecular complexity index is 604. The fourth-order valence-electron chi connectivity index (χ4n) is 2.35. The molecule has 3 nitrogen and oxygen atoms in total. The van der Waals surface area contributed by atoms with Crippen molar-refractivity contribution >= 4 is 60.5 Å². The Hall–Kier alpha value is 0.670. The molecule has 1 N–H and O–H groups in total. The van der Waals surface area contributed by atoms with E-state index in [4.69, 9.17) is 23.2 Å². The van der Waals surface area contributed by atoms with Crippen LogP contribution in [-0.4, -0.2) is 14.0 Å². The lowest BCUT2D eigenvalue weighted by Gasteiger charge is -2.32. The maximum Gasteiger partial charge on any atom is 0.244 e. The summed E-state index contributed by atoms with van der Waals surface area (Å²) < 4.78 is 28.5. The van der Waals surface area contributed by atoms with Gasteiger partial charge in [0.25, 0.3) is 0 Å². The van der Waals surface area contributed by atoms with Crippen molar-refractivity contribution in [3.63, 3.8) is 0 Å². The molecule has 0 aliphatic heterocycles. The first kappa shape index (κ1) is 18.7. The van der Waals surface area contributed by atoms with Crippen LogP contribution in [0.25, 0.3) is 0 Å². The van der Waals surface area contributed by atoms with Gasteiger partial charge in [0.2, 0.25) is 10.0 Å². The van der Waals surface area contributed by atoms with E-state index in [1.807, 2.05) is 13.8 Å². The summed E-state index contributed by atoms with van der Waals surface area (Å²) in [5, 5.41) is 0. The van der Waals surface area contributed by atoms with Crippen molar-refractivity contribution in [2.45, 2.75) is 51.5 Å². The minimum absolute atomic E-state index is 0.000657. The highest BCUT2D eigenvalue weighted by molar-refractivity contribution is 9.10. The van der Waals surface area contributed by atoms with E-state index in [-0.39, 0.29) is 14.6 Å². The van der Waals surface area contributed by atoms with Crippen LogP contribution in [0, 0.1) is 5.41 Å². The van der Waals surface area contributed by atoms with Gasteiger partial charge in [-0.3, -0.25) is 0 Å². The van der Waals surface area contributed by atoms with Gasteiger partial charge in [0.15, 0.2) is 0 Å². The molecule has 0 bridgehead atoms. The van der Waals surface area contributed by atoms with E-state index in [9.17, 15) is 8.42 Å². The number of sulfonamides is 1. The van der Waals surface area contributed by atoms with Crippen LogP contribution < -0.4 is 4.72 Å². The molecular weight excluding hydrogens is 405 g/mol. The fraction of sp³-hybridized carbons (Fsp3) is 0.667. The second kappa shape index (κ2) is 6.05.